The molecule has 0 spiro atoms. The Morgan fingerprint density at radius 3 is 2.43 bits per heavy atom. The van der Waals surface area contributed by atoms with E-state index in [0.29, 0.717) is 15.7 Å². The van der Waals surface area contributed by atoms with E-state index >= 15 is 0 Å². The number of phenolic OH excluding ortho intramolecular Hbond substituents is 1. The first-order valence-electron chi connectivity index (χ1n) is 6.20. The Morgan fingerprint density at radius 2 is 1.81 bits per heavy atom. The smallest absolute Gasteiger partial charge is 0.259 e. The zero-order chi connectivity index (χ0) is 15.4. The first-order chi connectivity index (χ1) is 10.0. The van der Waals surface area contributed by atoms with Gasteiger partial charge in [-0.25, -0.2) is 0 Å². The van der Waals surface area contributed by atoms with Gasteiger partial charge in [-0.2, -0.15) is 0 Å². The molecule has 3 N–H and O–H groups in total. The average Bonchev–Trinajstić information content (AvgIpc) is 2.45. The second-order valence-corrected chi connectivity index (χ2v) is 6.82. The molecular weight excluding hydrogens is 496 g/mol. The second-order valence-electron chi connectivity index (χ2n) is 4.41. The third kappa shape index (κ3) is 4.30. The van der Waals surface area contributed by atoms with E-state index in [-0.39, 0.29) is 23.8 Å². The van der Waals surface area contributed by atoms with Crippen molar-refractivity contribution >= 4 is 56.8 Å². The van der Waals surface area contributed by atoms with E-state index in [1.54, 1.807) is 24.3 Å². The molecule has 0 saturated heterocycles. The molecule has 0 saturated carbocycles. The van der Waals surface area contributed by atoms with E-state index in [1.807, 2.05) is 34.7 Å². The Morgan fingerprint density at radius 1 is 1.14 bits per heavy atom. The zero-order valence-corrected chi connectivity index (χ0v) is 15.3. The second kappa shape index (κ2) is 7.41. The molecule has 21 heavy (non-hydrogen) atoms. The largest absolute Gasteiger partial charge is 0.506 e. The number of carbonyl (C=O) groups is 1. The fourth-order valence-electron chi connectivity index (χ4n) is 1.82. The summed E-state index contributed by atoms with van der Waals surface area (Å²) in [6.45, 7) is 0.0977. The predicted octanol–water partition coefficient (Wildman–Crippen LogP) is 3.39. The molecule has 1 amide bonds. The molecule has 0 radical (unpaired) electrons. The van der Waals surface area contributed by atoms with Crippen LogP contribution >= 0.6 is 45.2 Å². The number of aliphatic hydroxyl groups excluding tert-OH is 1. The molecule has 0 aliphatic carbocycles. The molecule has 2 rings (SSSR count). The molecule has 0 heterocycles. The summed E-state index contributed by atoms with van der Waals surface area (Å²) in [6, 6.07) is 10.7. The number of carbonyl (C=O) groups excluding carboxylic acids is 1. The zero-order valence-electron chi connectivity index (χ0n) is 10.9. The van der Waals surface area contributed by atoms with Gasteiger partial charge in [0.25, 0.3) is 5.91 Å². The van der Waals surface area contributed by atoms with Crippen molar-refractivity contribution in [3.8, 4) is 5.75 Å². The van der Waals surface area contributed by atoms with Crippen molar-refractivity contribution in [1.29, 1.82) is 0 Å². The average molecular weight is 509 g/mol. The predicted molar refractivity (Wildman–Crippen MR) is 98.7 cm³/mol. The monoisotopic (exact) mass is 509 g/mol. The number of nitrogens with one attached hydrogen (secondary N) is 1. The Kier molecular flexibility index (Phi) is 5.82. The highest BCUT2D eigenvalue weighted by molar-refractivity contribution is 14.1. The van der Waals surface area contributed by atoms with Gasteiger partial charge in [0.1, 0.15) is 5.75 Å². The number of hydrogen-bond donors (Lipinski definition) is 3. The summed E-state index contributed by atoms with van der Waals surface area (Å²) in [6.07, 6.45) is 0.587. The van der Waals surface area contributed by atoms with Crippen LogP contribution < -0.4 is 5.32 Å². The van der Waals surface area contributed by atoms with Crippen molar-refractivity contribution in [3.05, 3.63) is 54.7 Å². The highest BCUT2D eigenvalue weighted by atomic mass is 127. The van der Waals surface area contributed by atoms with Crippen LogP contribution in [0.15, 0.2) is 36.4 Å². The lowest BCUT2D eigenvalue weighted by atomic mass is 10.1. The van der Waals surface area contributed by atoms with Gasteiger partial charge in [0, 0.05) is 15.9 Å². The summed E-state index contributed by atoms with van der Waals surface area (Å²) in [5, 5.41) is 21.6. The summed E-state index contributed by atoms with van der Waals surface area (Å²) in [5.41, 5.74) is 1.91. The molecule has 4 nitrogen and oxygen atoms in total. The fraction of sp³-hybridized carbons (Fsp3) is 0.133. The first-order valence-corrected chi connectivity index (χ1v) is 8.36. The van der Waals surface area contributed by atoms with E-state index in [1.165, 1.54) is 0 Å². The summed E-state index contributed by atoms with van der Waals surface area (Å²) in [7, 11) is 0. The van der Waals surface area contributed by atoms with Crippen LogP contribution in [0.5, 0.6) is 5.75 Å². The molecule has 0 bridgehead atoms. The number of amides is 1. The number of phenols is 1. The van der Waals surface area contributed by atoms with Crippen LogP contribution in [0.4, 0.5) is 5.69 Å². The molecule has 0 aromatic heterocycles. The highest BCUT2D eigenvalue weighted by Crippen LogP contribution is 2.27. The topological polar surface area (TPSA) is 69.6 Å². The lowest BCUT2D eigenvalue weighted by Gasteiger charge is -2.09. The van der Waals surface area contributed by atoms with Crippen molar-refractivity contribution in [3.63, 3.8) is 0 Å². The number of hydrogen-bond acceptors (Lipinski definition) is 3. The van der Waals surface area contributed by atoms with Crippen molar-refractivity contribution < 1.29 is 15.0 Å². The quantitative estimate of drug-likeness (QED) is 0.554. The number of anilines is 1. The van der Waals surface area contributed by atoms with E-state index in [9.17, 15) is 9.90 Å². The van der Waals surface area contributed by atoms with Crippen LogP contribution in [0.25, 0.3) is 0 Å². The van der Waals surface area contributed by atoms with Crippen molar-refractivity contribution in [1.82, 2.24) is 0 Å². The van der Waals surface area contributed by atoms with E-state index in [4.69, 9.17) is 5.11 Å². The molecule has 0 aliphatic heterocycles. The van der Waals surface area contributed by atoms with Crippen LogP contribution in [0.3, 0.4) is 0 Å². The Hall–Kier alpha value is -0.870. The normalized spacial score (nSPS) is 10.4. The van der Waals surface area contributed by atoms with E-state index in [2.05, 4.69) is 27.9 Å². The number of benzene rings is 2. The highest BCUT2D eigenvalue weighted by Gasteiger charge is 2.15. The Labute approximate surface area is 149 Å². The van der Waals surface area contributed by atoms with Gasteiger partial charge in [-0.15, -0.1) is 0 Å². The maximum Gasteiger partial charge on any atom is 0.259 e. The van der Waals surface area contributed by atoms with Gasteiger partial charge < -0.3 is 15.5 Å². The standard InChI is InChI=1S/C15H13I2NO3/c16-10-7-12(14(20)13(17)8-10)15(21)18-11-3-1-9(2-4-11)5-6-19/h1-4,7-8,19-20H,5-6H2,(H,18,21). The van der Waals surface area contributed by atoms with Gasteiger partial charge in [-0.1, -0.05) is 12.1 Å². The van der Waals surface area contributed by atoms with E-state index < -0.39 is 0 Å². The Bertz CT molecular complexity index is 657. The van der Waals surface area contributed by atoms with Crippen LogP contribution in [0.1, 0.15) is 15.9 Å². The maximum atomic E-state index is 12.2. The number of aliphatic hydroxyl groups is 1. The molecule has 0 fully saturated rings. The third-order valence-corrected chi connectivity index (χ3v) is 4.33. The molecule has 6 heteroatoms. The van der Waals surface area contributed by atoms with Crippen molar-refractivity contribution in [2.45, 2.75) is 6.42 Å². The van der Waals surface area contributed by atoms with Gasteiger partial charge in [0.15, 0.2) is 0 Å². The SMILES string of the molecule is O=C(Nc1ccc(CCO)cc1)c1cc(I)cc(I)c1O. The summed E-state index contributed by atoms with van der Waals surface area (Å²) >= 11 is 4.10. The fourth-order valence-corrected chi connectivity index (χ4v) is 3.67. The molecular formula is C15H13I2NO3. The van der Waals surface area contributed by atoms with Crippen LogP contribution in [-0.4, -0.2) is 22.7 Å². The van der Waals surface area contributed by atoms with Gasteiger partial charge in [0.05, 0.1) is 9.13 Å². The molecule has 110 valence electrons. The minimum Gasteiger partial charge on any atom is -0.506 e. The van der Waals surface area contributed by atoms with Crippen LogP contribution in [-0.2, 0) is 6.42 Å². The summed E-state index contributed by atoms with van der Waals surface area (Å²) in [4.78, 5) is 12.2. The van der Waals surface area contributed by atoms with Gasteiger partial charge in [-0.05, 0) is 81.4 Å². The first kappa shape index (κ1) is 16.5. The minimum atomic E-state index is -0.348. The lowest BCUT2D eigenvalue weighted by Crippen LogP contribution is -2.12. The number of rotatable bonds is 4. The Balaban J connectivity index is 2.18. The van der Waals surface area contributed by atoms with Gasteiger partial charge >= 0.3 is 0 Å². The number of halogens is 2. The summed E-state index contributed by atoms with van der Waals surface area (Å²) in [5.74, 6) is -0.357. The maximum absolute atomic E-state index is 12.2. The third-order valence-electron chi connectivity index (χ3n) is 2.89. The molecule has 2 aromatic rings. The van der Waals surface area contributed by atoms with Crippen molar-refractivity contribution in [2.24, 2.45) is 0 Å². The minimum absolute atomic E-state index is 0.00887. The molecule has 2 aromatic carbocycles. The van der Waals surface area contributed by atoms with Gasteiger partial charge in [-0.3, -0.25) is 4.79 Å². The van der Waals surface area contributed by atoms with Gasteiger partial charge in [0.2, 0.25) is 0 Å². The van der Waals surface area contributed by atoms with Crippen LogP contribution in [0, 0.1) is 7.14 Å². The van der Waals surface area contributed by atoms with E-state index in [0.717, 1.165) is 9.13 Å². The lowest BCUT2D eigenvalue weighted by molar-refractivity contribution is 0.102. The molecule has 0 atom stereocenters. The van der Waals surface area contributed by atoms with Crippen LogP contribution in [0.2, 0.25) is 0 Å². The molecule has 0 unspecified atom stereocenters. The molecule has 0 aliphatic rings. The van der Waals surface area contributed by atoms with Crippen molar-refractivity contribution in [2.75, 3.05) is 11.9 Å². The summed E-state index contributed by atoms with van der Waals surface area (Å²) < 4.78 is 1.53. The number of aromatic hydroxyl groups is 1.